The second-order valence-electron chi connectivity index (χ2n) is 4.57. The van der Waals surface area contributed by atoms with E-state index in [0.717, 1.165) is 0 Å². The smallest absolute Gasteiger partial charge is 0.337 e. The van der Waals surface area contributed by atoms with Crippen molar-refractivity contribution in [1.29, 1.82) is 0 Å². The Balaban J connectivity index is 5.08. The van der Waals surface area contributed by atoms with E-state index in [1.165, 1.54) is 0 Å². The summed E-state index contributed by atoms with van der Waals surface area (Å²) in [5.74, 6) is -0.452. The number of hydrogen-bond acceptors (Lipinski definition) is 3. The Morgan fingerprint density at radius 2 is 1.87 bits per heavy atom. The SMILES string of the molecule is CCOC(=O)/C(=C\I)C(C)(O)C(C)(C)C. The van der Waals surface area contributed by atoms with Gasteiger partial charge in [0.15, 0.2) is 0 Å². The standard InChI is InChI=1S/C11H19IO3/c1-6-15-9(13)8(7-12)11(5,14)10(2,3)4/h7,14H,6H2,1-5H3/b8-7+. The van der Waals surface area contributed by atoms with Crippen LogP contribution in [0.1, 0.15) is 34.6 Å². The molecule has 0 aromatic carbocycles. The number of hydrogen-bond donors (Lipinski definition) is 1. The average molecular weight is 326 g/mol. The van der Waals surface area contributed by atoms with Crippen molar-refractivity contribution in [2.75, 3.05) is 6.61 Å². The van der Waals surface area contributed by atoms with E-state index in [1.54, 1.807) is 17.9 Å². The molecule has 0 aliphatic carbocycles. The molecule has 0 bridgehead atoms. The van der Waals surface area contributed by atoms with Gasteiger partial charge in [-0.1, -0.05) is 43.4 Å². The van der Waals surface area contributed by atoms with Crippen molar-refractivity contribution < 1.29 is 14.6 Å². The molecule has 0 radical (unpaired) electrons. The van der Waals surface area contributed by atoms with Crippen molar-refractivity contribution in [1.82, 2.24) is 0 Å². The predicted octanol–water partition coefficient (Wildman–Crippen LogP) is 2.67. The van der Waals surface area contributed by atoms with E-state index in [2.05, 4.69) is 0 Å². The predicted molar refractivity (Wildman–Crippen MR) is 68.8 cm³/mol. The first kappa shape index (κ1) is 14.9. The summed E-state index contributed by atoms with van der Waals surface area (Å²) in [6.07, 6.45) is 0. The molecule has 0 aliphatic rings. The summed E-state index contributed by atoms with van der Waals surface area (Å²) < 4.78 is 6.49. The molecule has 0 aromatic heterocycles. The molecule has 0 saturated heterocycles. The van der Waals surface area contributed by atoms with Crippen molar-refractivity contribution in [2.45, 2.75) is 40.2 Å². The fourth-order valence-corrected chi connectivity index (χ4v) is 1.82. The minimum Gasteiger partial charge on any atom is -0.463 e. The van der Waals surface area contributed by atoms with Gasteiger partial charge in [-0.25, -0.2) is 4.79 Å². The lowest BCUT2D eigenvalue weighted by atomic mass is 9.73. The van der Waals surface area contributed by atoms with Crippen LogP contribution in [0, 0.1) is 5.41 Å². The first-order chi connectivity index (χ1) is 6.68. The van der Waals surface area contributed by atoms with E-state index in [1.807, 2.05) is 43.4 Å². The molecule has 0 rings (SSSR count). The van der Waals surface area contributed by atoms with Crippen LogP contribution in [0.3, 0.4) is 0 Å². The van der Waals surface area contributed by atoms with Crippen molar-refractivity contribution in [3.05, 3.63) is 9.66 Å². The van der Waals surface area contributed by atoms with Gasteiger partial charge in [0.2, 0.25) is 0 Å². The minimum absolute atomic E-state index is 0.303. The van der Waals surface area contributed by atoms with Gasteiger partial charge in [0.05, 0.1) is 17.8 Å². The molecule has 1 atom stereocenters. The zero-order chi connectivity index (χ0) is 12.3. The molecule has 3 nitrogen and oxygen atoms in total. The number of rotatable bonds is 3. The molecule has 15 heavy (non-hydrogen) atoms. The number of carbonyl (C=O) groups is 1. The van der Waals surface area contributed by atoms with Gasteiger partial charge in [-0.15, -0.1) is 0 Å². The number of ether oxygens (including phenoxy) is 1. The van der Waals surface area contributed by atoms with Crippen LogP contribution < -0.4 is 0 Å². The maximum Gasteiger partial charge on any atom is 0.337 e. The molecule has 0 spiro atoms. The lowest BCUT2D eigenvalue weighted by Crippen LogP contribution is -2.44. The fraction of sp³-hybridized carbons (Fsp3) is 0.727. The van der Waals surface area contributed by atoms with Gasteiger partial charge < -0.3 is 9.84 Å². The van der Waals surface area contributed by atoms with Gasteiger partial charge in [-0.3, -0.25) is 0 Å². The van der Waals surface area contributed by atoms with Crippen LogP contribution in [-0.4, -0.2) is 23.3 Å². The highest BCUT2D eigenvalue weighted by molar-refractivity contribution is 14.1. The fourth-order valence-electron chi connectivity index (χ4n) is 0.962. The Labute approximate surface area is 105 Å². The molecule has 0 fully saturated rings. The summed E-state index contributed by atoms with van der Waals surface area (Å²) in [7, 11) is 0. The summed E-state index contributed by atoms with van der Waals surface area (Å²) in [5.41, 5.74) is -1.31. The first-order valence-electron chi connectivity index (χ1n) is 4.88. The van der Waals surface area contributed by atoms with Gasteiger partial charge in [-0.05, 0) is 23.3 Å². The largest absolute Gasteiger partial charge is 0.463 e. The zero-order valence-corrected chi connectivity index (χ0v) is 12.1. The number of esters is 1. The molecule has 0 aromatic rings. The van der Waals surface area contributed by atoms with E-state index in [-0.39, 0.29) is 0 Å². The number of halogens is 1. The van der Waals surface area contributed by atoms with E-state index >= 15 is 0 Å². The van der Waals surface area contributed by atoms with Crippen LogP contribution in [-0.2, 0) is 9.53 Å². The third-order valence-corrected chi connectivity index (χ3v) is 3.21. The maximum atomic E-state index is 11.6. The summed E-state index contributed by atoms with van der Waals surface area (Å²) in [6.45, 7) is 9.33. The van der Waals surface area contributed by atoms with Gasteiger partial charge in [0.1, 0.15) is 0 Å². The van der Waals surface area contributed by atoms with Crippen LogP contribution in [0.2, 0.25) is 0 Å². The van der Waals surface area contributed by atoms with E-state index in [4.69, 9.17) is 4.74 Å². The quantitative estimate of drug-likeness (QED) is 0.493. The topological polar surface area (TPSA) is 46.5 Å². The van der Waals surface area contributed by atoms with Gasteiger partial charge in [-0.2, -0.15) is 0 Å². The normalized spacial score (nSPS) is 17.1. The minimum atomic E-state index is -1.19. The Bertz CT molecular complexity index is 261. The lowest BCUT2D eigenvalue weighted by Gasteiger charge is -2.37. The van der Waals surface area contributed by atoms with Crippen LogP contribution in [0.25, 0.3) is 0 Å². The Hall–Kier alpha value is -0.100. The Morgan fingerprint density at radius 3 is 2.13 bits per heavy atom. The molecule has 1 N–H and O–H groups in total. The number of aliphatic hydroxyl groups is 1. The first-order valence-corrected chi connectivity index (χ1v) is 6.13. The second-order valence-corrected chi connectivity index (χ2v) is 5.19. The van der Waals surface area contributed by atoms with E-state index < -0.39 is 17.0 Å². The maximum absolute atomic E-state index is 11.6. The summed E-state index contributed by atoms with van der Waals surface area (Å²) in [5, 5.41) is 10.3. The Morgan fingerprint density at radius 1 is 1.40 bits per heavy atom. The average Bonchev–Trinajstić information content (AvgIpc) is 2.03. The summed E-state index contributed by atoms with van der Waals surface area (Å²) in [6, 6.07) is 0. The molecule has 0 amide bonds. The van der Waals surface area contributed by atoms with Crippen LogP contribution >= 0.6 is 22.6 Å². The van der Waals surface area contributed by atoms with Crippen LogP contribution in [0.5, 0.6) is 0 Å². The van der Waals surface area contributed by atoms with E-state index in [0.29, 0.717) is 12.2 Å². The monoisotopic (exact) mass is 326 g/mol. The molecule has 0 heterocycles. The molecular weight excluding hydrogens is 307 g/mol. The highest BCUT2D eigenvalue weighted by atomic mass is 127. The highest BCUT2D eigenvalue weighted by Gasteiger charge is 2.42. The number of carbonyl (C=O) groups excluding carboxylic acids is 1. The summed E-state index contributed by atoms with van der Waals surface area (Å²) >= 11 is 1.95. The second kappa shape index (κ2) is 5.30. The van der Waals surface area contributed by atoms with Gasteiger partial charge in [0.25, 0.3) is 0 Å². The van der Waals surface area contributed by atoms with Crippen molar-refractivity contribution in [2.24, 2.45) is 5.41 Å². The third-order valence-electron chi connectivity index (χ3n) is 2.59. The molecule has 4 heteroatoms. The molecule has 88 valence electrons. The molecule has 1 unspecified atom stereocenters. The van der Waals surface area contributed by atoms with Crippen molar-refractivity contribution in [3.63, 3.8) is 0 Å². The summed E-state index contributed by atoms with van der Waals surface area (Å²) in [4.78, 5) is 11.6. The third kappa shape index (κ3) is 3.45. The van der Waals surface area contributed by atoms with Crippen LogP contribution in [0.15, 0.2) is 9.66 Å². The van der Waals surface area contributed by atoms with Crippen molar-refractivity contribution in [3.8, 4) is 0 Å². The zero-order valence-electron chi connectivity index (χ0n) is 9.93. The molecule has 0 saturated carbocycles. The molecular formula is C11H19IO3. The Kier molecular flexibility index (Phi) is 5.26. The van der Waals surface area contributed by atoms with Crippen molar-refractivity contribution >= 4 is 28.6 Å². The lowest BCUT2D eigenvalue weighted by molar-refractivity contribution is -0.142. The van der Waals surface area contributed by atoms with Gasteiger partial charge >= 0.3 is 5.97 Å². The van der Waals surface area contributed by atoms with Crippen LogP contribution in [0.4, 0.5) is 0 Å². The van der Waals surface area contributed by atoms with Gasteiger partial charge in [0, 0.05) is 0 Å². The van der Waals surface area contributed by atoms with E-state index in [9.17, 15) is 9.90 Å². The molecule has 0 aliphatic heterocycles. The highest BCUT2D eigenvalue weighted by Crippen LogP contribution is 2.37.